The number of pyridine rings is 1. The predicted octanol–water partition coefficient (Wildman–Crippen LogP) is 2.29. The molecule has 2 heterocycles. The number of alkyl halides is 3. The summed E-state index contributed by atoms with van der Waals surface area (Å²) in [6, 6.07) is 2.31. The van der Waals surface area contributed by atoms with E-state index in [4.69, 9.17) is 0 Å². The molecule has 14 heavy (non-hydrogen) atoms. The van der Waals surface area contributed by atoms with Crippen molar-refractivity contribution in [1.29, 1.82) is 0 Å². The van der Waals surface area contributed by atoms with E-state index in [-0.39, 0.29) is 5.65 Å². The van der Waals surface area contributed by atoms with E-state index in [0.29, 0.717) is 11.1 Å². The average Bonchev–Trinajstić information content (AvgIpc) is 2.46. The van der Waals surface area contributed by atoms with Gasteiger partial charge >= 0.3 is 6.18 Å². The minimum Gasteiger partial charge on any atom is -0.280 e. The lowest BCUT2D eigenvalue weighted by molar-refractivity contribution is -0.141. The van der Waals surface area contributed by atoms with Crippen LogP contribution < -0.4 is 0 Å². The Labute approximate surface area is 77.0 Å². The zero-order chi connectivity index (χ0) is 10.3. The van der Waals surface area contributed by atoms with E-state index < -0.39 is 11.9 Å². The van der Waals surface area contributed by atoms with Crippen molar-refractivity contribution in [1.82, 2.24) is 15.2 Å². The van der Waals surface area contributed by atoms with Crippen LogP contribution >= 0.6 is 0 Å². The maximum Gasteiger partial charge on any atom is 0.433 e. The lowest BCUT2D eigenvalue weighted by atomic mass is 10.2. The molecule has 2 aromatic heterocycles. The summed E-state index contributed by atoms with van der Waals surface area (Å²) in [4.78, 5) is 3.40. The molecule has 1 N–H and O–H groups in total. The van der Waals surface area contributed by atoms with Gasteiger partial charge in [-0.3, -0.25) is 5.10 Å². The van der Waals surface area contributed by atoms with Gasteiger partial charge in [-0.2, -0.15) is 18.3 Å². The molecule has 0 atom stereocenters. The van der Waals surface area contributed by atoms with Gasteiger partial charge in [0.25, 0.3) is 0 Å². The number of aromatic nitrogens is 3. The van der Waals surface area contributed by atoms with Crippen LogP contribution in [0.15, 0.2) is 12.1 Å². The number of hydrogen-bond donors (Lipinski definition) is 1. The van der Waals surface area contributed by atoms with Crippen LogP contribution in [0.5, 0.6) is 0 Å². The highest BCUT2D eigenvalue weighted by molar-refractivity contribution is 5.77. The summed E-state index contributed by atoms with van der Waals surface area (Å²) >= 11 is 0. The fourth-order valence-corrected chi connectivity index (χ4v) is 1.18. The SMILES string of the molecule is Cc1[nH]nc2nc(C(F)(F)F)ccc12. The summed E-state index contributed by atoms with van der Waals surface area (Å²) in [5, 5.41) is 6.84. The summed E-state index contributed by atoms with van der Waals surface area (Å²) in [6.07, 6.45) is -4.42. The standard InChI is InChI=1S/C8H6F3N3/c1-4-5-2-3-6(8(9,10)11)12-7(5)14-13-4/h2-3H,1H3,(H,12,13,14). The molecule has 0 saturated carbocycles. The summed E-state index contributed by atoms with van der Waals surface area (Å²) in [5.74, 6) is 0. The molecule has 0 radical (unpaired) electrons. The Hall–Kier alpha value is -1.59. The second-order valence-electron chi connectivity index (χ2n) is 2.91. The second kappa shape index (κ2) is 2.70. The number of aryl methyl sites for hydroxylation is 1. The molecule has 0 amide bonds. The number of aromatic amines is 1. The molecule has 0 unspecified atom stereocenters. The summed E-state index contributed by atoms with van der Waals surface area (Å²) in [7, 11) is 0. The second-order valence-corrected chi connectivity index (χ2v) is 2.91. The van der Waals surface area contributed by atoms with Crippen molar-refractivity contribution < 1.29 is 13.2 Å². The molecule has 0 aromatic carbocycles. The lowest BCUT2D eigenvalue weighted by Gasteiger charge is -2.03. The predicted molar refractivity (Wildman–Crippen MR) is 43.6 cm³/mol. The maximum absolute atomic E-state index is 12.2. The van der Waals surface area contributed by atoms with Crippen molar-refractivity contribution in [2.75, 3.05) is 0 Å². The Bertz CT molecular complexity index is 472. The monoisotopic (exact) mass is 201 g/mol. The maximum atomic E-state index is 12.2. The number of hydrogen-bond acceptors (Lipinski definition) is 2. The van der Waals surface area contributed by atoms with E-state index in [0.717, 1.165) is 6.07 Å². The van der Waals surface area contributed by atoms with Gasteiger partial charge in [-0.1, -0.05) is 0 Å². The van der Waals surface area contributed by atoms with Crippen molar-refractivity contribution in [3.05, 3.63) is 23.5 Å². The van der Waals surface area contributed by atoms with Gasteiger partial charge < -0.3 is 0 Å². The highest BCUT2D eigenvalue weighted by atomic mass is 19.4. The van der Waals surface area contributed by atoms with E-state index >= 15 is 0 Å². The van der Waals surface area contributed by atoms with Gasteiger partial charge in [-0.25, -0.2) is 4.98 Å². The first-order valence-corrected chi connectivity index (χ1v) is 3.87. The van der Waals surface area contributed by atoms with Crippen molar-refractivity contribution in [3.63, 3.8) is 0 Å². The van der Waals surface area contributed by atoms with Gasteiger partial charge in [0.05, 0.1) is 0 Å². The van der Waals surface area contributed by atoms with Crippen molar-refractivity contribution in [2.45, 2.75) is 13.1 Å². The number of fused-ring (bicyclic) bond motifs is 1. The smallest absolute Gasteiger partial charge is 0.280 e. The molecule has 0 spiro atoms. The Morgan fingerprint density at radius 1 is 1.29 bits per heavy atom. The molecular weight excluding hydrogens is 195 g/mol. The molecule has 0 bridgehead atoms. The van der Waals surface area contributed by atoms with Crippen LogP contribution in [0.25, 0.3) is 11.0 Å². The summed E-state index contributed by atoms with van der Waals surface area (Å²) in [5.41, 5.74) is -0.116. The molecule has 0 aliphatic carbocycles. The van der Waals surface area contributed by atoms with Crippen molar-refractivity contribution in [2.24, 2.45) is 0 Å². The summed E-state index contributed by atoms with van der Waals surface area (Å²) < 4.78 is 36.7. The first kappa shape index (κ1) is 8.98. The fraction of sp³-hybridized carbons (Fsp3) is 0.250. The average molecular weight is 201 g/mol. The molecule has 0 saturated heterocycles. The van der Waals surface area contributed by atoms with Gasteiger partial charge in [0, 0.05) is 11.1 Å². The van der Waals surface area contributed by atoms with Gasteiger partial charge in [-0.05, 0) is 19.1 Å². The van der Waals surface area contributed by atoms with Crippen LogP contribution in [0, 0.1) is 6.92 Å². The topological polar surface area (TPSA) is 41.6 Å². The quantitative estimate of drug-likeness (QED) is 0.710. The largest absolute Gasteiger partial charge is 0.433 e. The van der Waals surface area contributed by atoms with Crippen molar-refractivity contribution >= 4 is 11.0 Å². The van der Waals surface area contributed by atoms with E-state index in [9.17, 15) is 13.2 Å². The molecule has 6 heteroatoms. The van der Waals surface area contributed by atoms with Crippen LogP contribution in [0.3, 0.4) is 0 Å². The van der Waals surface area contributed by atoms with Crippen LogP contribution in [0.1, 0.15) is 11.4 Å². The van der Waals surface area contributed by atoms with E-state index in [1.807, 2.05) is 0 Å². The van der Waals surface area contributed by atoms with Crippen molar-refractivity contribution in [3.8, 4) is 0 Å². The molecule has 2 rings (SSSR count). The lowest BCUT2D eigenvalue weighted by Crippen LogP contribution is -2.07. The van der Waals surface area contributed by atoms with Gasteiger partial charge in [-0.15, -0.1) is 0 Å². The number of nitrogens with one attached hydrogen (secondary N) is 1. The van der Waals surface area contributed by atoms with E-state index in [1.54, 1.807) is 6.92 Å². The molecule has 0 aliphatic heterocycles. The molecule has 3 nitrogen and oxygen atoms in total. The third-order valence-corrected chi connectivity index (χ3v) is 1.90. The van der Waals surface area contributed by atoms with Crippen LogP contribution in [0.2, 0.25) is 0 Å². The normalized spacial score (nSPS) is 12.3. The minimum absolute atomic E-state index is 0.0947. The molecule has 0 fully saturated rings. The van der Waals surface area contributed by atoms with E-state index in [2.05, 4.69) is 15.2 Å². The van der Waals surface area contributed by atoms with E-state index in [1.165, 1.54) is 6.07 Å². The van der Waals surface area contributed by atoms with Gasteiger partial charge in [0.2, 0.25) is 0 Å². The Morgan fingerprint density at radius 3 is 2.64 bits per heavy atom. The Morgan fingerprint density at radius 2 is 2.00 bits per heavy atom. The van der Waals surface area contributed by atoms with Crippen LogP contribution in [0.4, 0.5) is 13.2 Å². The third kappa shape index (κ3) is 1.32. The highest BCUT2D eigenvalue weighted by Crippen LogP contribution is 2.28. The summed E-state index contributed by atoms with van der Waals surface area (Å²) in [6.45, 7) is 1.73. The Kier molecular flexibility index (Phi) is 1.73. The van der Waals surface area contributed by atoms with Gasteiger partial charge in [0.1, 0.15) is 5.69 Å². The zero-order valence-corrected chi connectivity index (χ0v) is 7.18. The number of nitrogens with zero attached hydrogens (tertiary/aromatic N) is 2. The molecule has 2 aromatic rings. The number of halogens is 3. The zero-order valence-electron chi connectivity index (χ0n) is 7.18. The van der Waals surface area contributed by atoms with Crippen LogP contribution in [-0.2, 0) is 6.18 Å². The molecule has 74 valence electrons. The minimum atomic E-state index is -4.42. The molecule has 0 aliphatic rings. The highest BCUT2D eigenvalue weighted by Gasteiger charge is 2.32. The number of H-pyrrole nitrogens is 1. The third-order valence-electron chi connectivity index (χ3n) is 1.90. The fourth-order valence-electron chi connectivity index (χ4n) is 1.18. The first-order valence-electron chi connectivity index (χ1n) is 3.87. The van der Waals surface area contributed by atoms with Crippen LogP contribution in [-0.4, -0.2) is 15.2 Å². The van der Waals surface area contributed by atoms with Gasteiger partial charge in [0.15, 0.2) is 5.65 Å². The molecular formula is C8H6F3N3. The number of rotatable bonds is 0. The Balaban J connectivity index is 2.63. The first-order chi connectivity index (χ1) is 6.48.